The van der Waals surface area contributed by atoms with Crippen LogP contribution >= 0.6 is 0 Å². The van der Waals surface area contributed by atoms with E-state index >= 15 is 0 Å². The summed E-state index contributed by atoms with van der Waals surface area (Å²) in [5, 5.41) is 0. The van der Waals surface area contributed by atoms with Crippen LogP contribution in [0.15, 0.2) is 24.3 Å². The second-order valence-electron chi connectivity index (χ2n) is 5.31. The smallest absolute Gasteiger partial charge is 0.137 e. The Hall–Kier alpha value is -1.15. The molecule has 2 heteroatoms. The van der Waals surface area contributed by atoms with Crippen molar-refractivity contribution in [1.82, 2.24) is 0 Å². The highest BCUT2D eigenvalue weighted by Crippen LogP contribution is 2.19. The molecule has 0 saturated carbocycles. The quantitative estimate of drug-likeness (QED) is 0.733. The molecule has 1 unspecified atom stereocenters. The number of benzene rings is 1. The molecule has 0 aliphatic rings. The van der Waals surface area contributed by atoms with E-state index in [0.29, 0.717) is 24.7 Å². The van der Waals surface area contributed by atoms with Crippen molar-refractivity contribution in [2.24, 2.45) is 11.7 Å². The molecule has 0 aliphatic carbocycles. The lowest BCUT2D eigenvalue weighted by Crippen LogP contribution is -2.12. The van der Waals surface area contributed by atoms with E-state index in [2.05, 4.69) is 13.8 Å². The molecule has 0 bridgehead atoms. The summed E-state index contributed by atoms with van der Waals surface area (Å²) in [5.41, 5.74) is 7.90. The van der Waals surface area contributed by atoms with Gasteiger partial charge in [0.1, 0.15) is 5.78 Å². The van der Waals surface area contributed by atoms with Crippen molar-refractivity contribution in [3.63, 3.8) is 0 Å². The van der Waals surface area contributed by atoms with Gasteiger partial charge in [0.2, 0.25) is 0 Å². The van der Waals surface area contributed by atoms with Crippen molar-refractivity contribution in [1.29, 1.82) is 0 Å². The summed E-state index contributed by atoms with van der Waals surface area (Å²) in [6.07, 6.45) is 5.97. The number of unbranched alkanes of at least 4 members (excludes halogenated alkanes) is 1. The van der Waals surface area contributed by atoms with Gasteiger partial charge < -0.3 is 5.73 Å². The Labute approximate surface area is 117 Å². The van der Waals surface area contributed by atoms with Crippen LogP contribution in [0.5, 0.6) is 0 Å². The predicted octanol–water partition coefficient (Wildman–Crippen LogP) is 3.86. The summed E-state index contributed by atoms with van der Waals surface area (Å²) >= 11 is 0. The molecule has 2 N–H and O–H groups in total. The van der Waals surface area contributed by atoms with Gasteiger partial charge in [-0.25, -0.2) is 0 Å². The first-order valence-corrected chi connectivity index (χ1v) is 7.49. The molecule has 1 rings (SSSR count). The van der Waals surface area contributed by atoms with Crippen molar-refractivity contribution in [2.75, 3.05) is 0 Å². The molecule has 1 aromatic carbocycles. The minimum absolute atomic E-state index is 0.351. The molecule has 0 spiro atoms. The average Bonchev–Trinajstić information content (AvgIpc) is 2.44. The van der Waals surface area contributed by atoms with Gasteiger partial charge in [-0.15, -0.1) is 0 Å². The zero-order chi connectivity index (χ0) is 14.1. The number of carbonyl (C=O) groups excluding carboxylic acids is 1. The third kappa shape index (κ3) is 5.56. The van der Waals surface area contributed by atoms with Gasteiger partial charge in [-0.3, -0.25) is 4.79 Å². The van der Waals surface area contributed by atoms with Crippen molar-refractivity contribution < 1.29 is 4.79 Å². The first-order valence-electron chi connectivity index (χ1n) is 7.49. The van der Waals surface area contributed by atoms with Crippen LogP contribution in [0.4, 0.5) is 0 Å². The maximum atomic E-state index is 12.2. The number of hydrogen-bond acceptors (Lipinski definition) is 2. The summed E-state index contributed by atoms with van der Waals surface area (Å²) < 4.78 is 0. The first kappa shape index (κ1) is 15.9. The van der Waals surface area contributed by atoms with E-state index in [9.17, 15) is 4.79 Å². The SMILES string of the molecule is CCCCC(CC)CC(=O)Cc1ccccc1CN. The van der Waals surface area contributed by atoms with Gasteiger partial charge in [0, 0.05) is 19.4 Å². The molecule has 0 saturated heterocycles. The highest BCUT2D eigenvalue weighted by Gasteiger charge is 2.13. The summed E-state index contributed by atoms with van der Waals surface area (Å²) in [5.74, 6) is 0.904. The van der Waals surface area contributed by atoms with Gasteiger partial charge in [-0.1, -0.05) is 63.8 Å². The largest absolute Gasteiger partial charge is 0.326 e. The molecule has 0 aliphatic heterocycles. The van der Waals surface area contributed by atoms with Gasteiger partial charge in [-0.2, -0.15) is 0 Å². The van der Waals surface area contributed by atoms with Crippen LogP contribution in [0.2, 0.25) is 0 Å². The lowest BCUT2D eigenvalue weighted by molar-refractivity contribution is -0.119. The van der Waals surface area contributed by atoms with E-state index < -0.39 is 0 Å². The lowest BCUT2D eigenvalue weighted by Gasteiger charge is -2.14. The van der Waals surface area contributed by atoms with Gasteiger partial charge in [-0.05, 0) is 17.0 Å². The van der Waals surface area contributed by atoms with Crippen molar-refractivity contribution in [2.45, 2.75) is 58.9 Å². The molecule has 0 heterocycles. The van der Waals surface area contributed by atoms with Crippen LogP contribution in [-0.2, 0) is 17.8 Å². The molecule has 2 nitrogen and oxygen atoms in total. The Morgan fingerprint density at radius 2 is 1.89 bits per heavy atom. The Morgan fingerprint density at radius 3 is 2.47 bits per heavy atom. The van der Waals surface area contributed by atoms with Crippen molar-refractivity contribution in [3.8, 4) is 0 Å². The first-order chi connectivity index (χ1) is 9.21. The standard InChI is InChI=1S/C17H27NO/c1-3-5-8-14(4-2)11-17(19)12-15-9-6-7-10-16(15)13-18/h6-7,9-10,14H,3-5,8,11-13,18H2,1-2H3. The second kappa shape index (κ2) is 8.87. The highest BCUT2D eigenvalue weighted by atomic mass is 16.1. The van der Waals surface area contributed by atoms with E-state index in [-0.39, 0.29) is 0 Å². The molecule has 0 radical (unpaired) electrons. The average molecular weight is 261 g/mol. The summed E-state index contributed by atoms with van der Waals surface area (Å²) in [4.78, 5) is 12.2. The fourth-order valence-corrected chi connectivity index (χ4v) is 2.48. The fourth-order valence-electron chi connectivity index (χ4n) is 2.48. The molecular weight excluding hydrogens is 234 g/mol. The molecule has 0 amide bonds. The topological polar surface area (TPSA) is 43.1 Å². The predicted molar refractivity (Wildman–Crippen MR) is 81.0 cm³/mol. The summed E-state index contributed by atoms with van der Waals surface area (Å²) in [6.45, 7) is 4.89. The Kier molecular flexibility index (Phi) is 7.42. The van der Waals surface area contributed by atoms with Gasteiger partial charge in [0.05, 0.1) is 0 Å². The summed E-state index contributed by atoms with van der Waals surface area (Å²) in [7, 11) is 0. The number of nitrogens with two attached hydrogens (primary N) is 1. The maximum Gasteiger partial charge on any atom is 0.137 e. The van der Waals surface area contributed by atoms with Crippen LogP contribution < -0.4 is 5.73 Å². The van der Waals surface area contributed by atoms with Gasteiger partial charge in [0.25, 0.3) is 0 Å². The number of Topliss-reactive ketones (excluding diaryl/α,β-unsaturated/α-hetero) is 1. The van der Waals surface area contributed by atoms with Crippen LogP contribution in [-0.4, -0.2) is 5.78 Å². The van der Waals surface area contributed by atoms with E-state index in [4.69, 9.17) is 5.73 Å². The molecule has 106 valence electrons. The minimum Gasteiger partial charge on any atom is -0.326 e. The highest BCUT2D eigenvalue weighted by molar-refractivity contribution is 5.81. The summed E-state index contributed by atoms with van der Waals surface area (Å²) in [6, 6.07) is 7.99. The van der Waals surface area contributed by atoms with E-state index in [1.807, 2.05) is 24.3 Å². The third-order valence-corrected chi connectivity index (χ3v) is 3.79. The van der Waals surface area contributed by atoms with E-state index in [1.165, 1.54) is 19.3 Å². The number of rotatable bonds is 9. The van der Waals surface area contributed by atoms with Crippen molar-refractivity contribution >= 4 is 5.78 Å². The number of hydrogen-bond donors (Lipinski definition) is 1. The van der Waals surface area contributed by atoms with E-state index in [1.54, 1.807) is 0 Å². The van der Waals surface area contributed by atoms with Gasteiger partial charge in [0.15, 0.2) is 0 Å². The zero-order valence-corrected chi connectivity index (χ0v) is 12.3. The van der Waals surface area contributed by atoms with Gasteiger partial charge >= 0.3 is 0 Å². The second-order valence-corrected chi connectivity index (χ2v) is 5.31. The molecular formula is C17H27NO. The molecule has 1 aromatic rings. The van der Waals surface area contributed by atoms with E-state index in [0.717, 1.165) is 24.0 Å². The normalized spacial score (nSPS) is 12.4. The number of ketones is 1. The molecule has 19 heavy (non-hydrogen) atoms. The Morgan fingerprint density at radius 1 is 1.21 bits per heavy atom. The molecule has 1 atom stereocenters. The lowest BCUT2D eigenvalue weighted by atomic mass is 9.91. The zero-order valence-electron chi connectivity index (χ0n) is 12.3. The Balaban J connectivity index is 2.54. The van der Waals surface area contributed by atoms with Crippen LogP contribution in [0.3, 0.4) is 0 Å². The van der Waals surface area contributed by atoms with Crippen LogP contribution in [0, 0.1) is 5.92 Å². The molecule has 0 aromatic heterocycles. The Bertz CT molecular complexity index is 387. The van der Waals surface area contributed by atoms with Crippen molar-refractivity contribution in [3.05, 3.63) is 35.4 Å². The fraction of sp³-hybridized carbons (Fsp3) is 0.588. The van der Waals surface area contributed by atoms with Crippen LogP contribution in [0.1, 0.15) is 57.1 Å². The number of carbonyl (C=O) groups is 1. The minimum atomic E-state index is 0.351. The maximum absolute atomic E-state index is 12.2. The molecule has 0 fully saturated rings. The third-order valence-electron chi connectivity index (χ3n) is 3.79. The monoisotopic (exact) mass is 261 g/mol. The van der Waals surface area contributed by atoms with Crippen LogP contribution in [0.25, 0.3) is 0 Å².